The second-order valence-electron chi connectivity index (χ2n) is 4.92. The number of aliphatic hydroxyl groups excluding tert-OH is 1. The third-order valence-electron chi connectivity index (χ3n) is 3.12. The fourth-order valence-corrected chi connectivity index (χ4v) is 3.79. The van der Waals surface area contributed by atoms with Crippen LogP contribution in [0.1, 0.15) is 16.8 Å². The van der Waals surface area contributed by atoms with E-state index in [0.29, 0.717) is 9.87 Å². The molecule has 0 saturated carbocycles. The summed E-state index contributed by atoms with van der Waals surface area (Å²) in [5.41, 5.74) is 1.53. The number of anilines is 1. The molecule has 2 N–H and O–H groups in total. The zero-order valence-corrected chi connectivity index (χ0v) is 14.3. The molecule has 123 valence electrons. The molecule has 0 atom stereocenters. The number of hydrogen-bond donors (Lipinski definition) is 2. The summed E-state index contributed by atoms with van der Waals surface area (Å²) in [5, 5.41) is 20.6. The summed E-state index contributed by atoms with van der Waals surface area (Å²) in [7, 11) is -4.22. The van der Waals surface area contributed by atoms with Crippen LogP contribution in [0.25, 0.3) is 0 Å². The second-order valence-corrected chi connectivity index (χ2v) is 7.06. The molecule has 1 aromatic heterocycles. The van der Waals surface area contributed by atoms with Gasteiger partial charge in [-0.2, -0.15) is 4.31 Å². The fourth-order valence-electron chi connectivity index (χ4n) is 2.02. The van der Waals surface area contributed by atoms with E-state index in [1.54, 1.807) is 19.9 Å². The molecule has 0 spiro atoms. The highest BCUT2D eigenvalue weighted by atomic mass is 35.5. The van der Waals surface area contributed by atoms with Gasteiger partial charge in [0, 0.05) is 0 Å². The molecular formula is C14H15ClN3O4S. The minimum atomic E-state index is -4.22. The number of halogens is 1. The lowest BCUT2D eigenvalue weighted by molar-refractivity contribution is 0.353. The third-order valence-corrected chi connectivity index (χ3v) is 5.42. The molecule has 1 heterocycles. The second kappa shape index (κ2) is 6.31. The molecule has 0 saturated heterocycles. The van der Waals surface area contributed by atoms with Gasteiger partial charge in [0.05, 0.1) is 4.90 Å². The largest absolute Gasteiger partial charge is 0.388 e. The Balaban J connectivity index is 2.68. The molecule has 0 aliphatic rings. The van der Waals surface area contributed by atoms with Crippen LogP contribution in [0.5, 0.6) is 0 Å². The maximum absolute atomic E-state index is 12.9. The van der Waals surface area contributed by atoms with Gasteiger partial charge in [-0.3, -0.25) is 5.41 Å². The van der Waals surface area contributed by atoms with Gasteiger partial charge in [0.1, 0.15) is 23.2 Å². The van der Waals surface area contributed by atoms with Crippen molar-refractivity contribution in [2.24, 2.45) is 0 Å². The SMILES string of the molecule is Cc1[c]cc(S(=O)(=O)N(C(=N)CO)c2onc(C)c2Cl)c(C)c1. The van der Waals surface area contributed by atoms with Crippen molar-refractivity contribution in [2.45, 2.75) is 25.7 Å². The first-order chi connectivity index (χ1) is 10.7. The maximum Gasteiger partial charge on any atom is 0.272 e. The number of aliphatic hydroxyl groups is 1. The van der Waals surface area contributed by atoms with Crippen molar-refractivity contribution in [3.8, 4) is 0 Å². The average Bonchev–Trinajstić information content (AvgIpc) is 2.79. The highest BCUT2D eigenvalue weighted by molar-refractivity contribution is 7.93. The van der Waals surface area contributed by atoms with Crippen LogP contribution in [0.4, 0.5) is 5.88 Å². The molecule has 23 heavy (non-hydrogen) atoms. The Hall–Kier alpha value is -1.90. The molecule has 2 aromatic rings. The van der Waals surface area contributed by atoms with E-state index in [1.165, 1.54) is 13.0 Å². The van der Waals surface area contributed by atoms with Crippen LogP contribution < -0.4 is 4.31 Å². The van der Waals surface area contributed by atoms with E-state index in [-0.39, 0.29) is 21.5 Å². The summed E-state index contributed by atoms with van der Waals surface area (Å²) < 4.78 is 31.4. The summed E-state index contributed by atoms with van der Waals surface area (Å²) >= 11 is 6.01. The van der Waals surface area contributed by atoms with Crippen molar-refractivity contribution < 1.29 is 18.0 Å². The molecular weight excluding hydrogens is 342 g/mol. The lowest BCUT2D eigenvalue weighted by Gasteiger charge is -2.22. The van der Waals surface area contributed by atoms with E-state index >= 15 is 0 Å². The Labute approximate surface area is 139 Å². The number of nitrogens with zero attached hydrogens (tertiary/aromatic N) is 2. The quantitative estimate of drug-likeness (QED) is 0.645. The Bertz CT molecular complexity index is 861. The molecule has 0 bridgehead atoms. The van der Waals surface area contributed by atoms with Crippen LogP contribution in [-0.4, -0.2) is 31.1 Å². The van der Waals surface area contributed by atoms with Crippen LogP contribution in [0.2, 0.25) is 5.02 Å². The number of benzene rings is 1. The van der Waals surface area contributed by atoms with E-state index in [4.69, 9.17) is 21.5 Å². The standard InChI is InChI=1S/C14H15ClN3O4S/c1-8-4-5-11(9(2)6-8)23(20,21)18(12(16)7-19)14-13(15)10(3)17-22-14/h5-6,16,19H,7H2,1-3H3. The lowest BCUT2D eigenvalue weighted by Crippen LogP contribution is -2.38. The molecule has 0 unspecified atom stereocenters. The fraction of sp³-hybridized carbons (Fsp3) is 0.286. The third kappa shape index (κ3) is 3.10. The zero-order chi connectivity index (χ0) is 17.4. The first-order valence-corrected chi connectivity index (χ1v) is 8.36. The molecule has 0 amide bonds. The van der Waals surface area contributed by atoms with E-state index in [0.717, 1.165) is 5.56 Å². The minimum absolute atomic E-state index is 0.0412. The van der Waals surface area contributed by atoms with Gasteiger partial charge in [0.15, 0.2) is 0 Å². The zero-order valence-electron chi connectivity index (χ0n) is 12.7. The van der Waals surface area contributed by atoms with Crippen LogP contribution in [0.15, 0.2) is 21.6 Å². The molecule has 0 fully saturated rings. The lowest BCUT2D eigenvalue weighted by atomic mass is 10.2. The van der Waals surface area contributed by atoms with Gasteiger partial charge in [-0.25, -0.2) is 8.42 Å². The summed E-state index contributed by atoms with van der Waals surface area (Å²) in [6.07, 6.45) is 0. The van der Waals surface area contributed by atoms with Crippen molar-refractivity contribution >= 4 is 33.3 Å². The van der Waals surface area contributed by atoms with Crippen molar-refractivity contribution in [2.75, 3.05) is 10.9 Å². The Morgan fingerprint density at radius 3 is 2.61 bits per heavy atom. The monoisotopic (exact) mass is 356 g/mol. The number of aryl methyl sites for hydroxylation is 3. The van der Waals surface area contributed by atoms with Gasteiger partial charge in [0.25, 0.3) is 15.9 Å². The number of sulfonamides is 1. The van der Waals surface area contributed by atoms with Gasteiger partial charge in [0.2, 0.25) is 0 Å². The number of aromatic nitrogens is 1. The van der Waals surface area contributed by atoms with E-state index in [2.05, 4.69) is 11.2 Å². The normalized spacial score (nSPS) is 11.5. The topological polar surface area (TPSA) is 107 Å². The average molecular weight is 357 g/mol. The molecule has 0 aliphatic carbocycles. The van der Waals surface area contributed by atoms with Gasteiger partial charge in [-0.05, 0) is 44.0 Å². The summed E-state index contributed by atoms with van der Waals surface area (Å²) in [4.78, 5) is -0.0635. The van der Waals surface area contributed by atoms with Crippen molar-refractivity contribution in [1.29, 1.82) is 5.41 Å². The van der Waals surface area contributed by atoms with E-state index in [1.807, 2.05) is 0 Å². The molecule has 2 rings (SSSR count). The van der Waals surface area contributed by atoms with Crippen molar-refractivity contribution in [3.63, 3.8) is 0 Å². The number of amidine groups is 1. The molecule has 1 aromatic carbocycles. The van der Waals surface area contributed by atoms with Crippen LogP contribution in [0, 0.1) is 32.2 Å². The van der Waals surface area contributed by atoms with Gasteiger partial charge in [-0.15, -0.1) is 0 Å². The summed E-state index contributed by atoms with van der Waals surface area (Å²) in [6.45, 7) is 4.13. The predicted octanol–water partition coefficient (Wildman–Crippen LogP) is 2.22. The molecule has 1 radical (unpaired) electrons. The molecule has 0 aliphatic heterocycles. The first kappa shape index (κ1) is 17.5. The first-order valence-electron chi connectivity index (χ1n) is 6.54. The van der Waals surface area contributed by atoms with E-state index in [9.17, 15) is 13.5 Å². The Morgan fingerprint density at radius 2 is 2.13 bits per heavy atom. The van der Waals surface area contributed by atoms with Crippen LogP contribution in [0.3, 0.4) is 0 Å². The summed E-state index contributed by atoms with van der Waals surface area (Å²) in [5.74, 6) is -0.939. The predicted molar refractivity (Wildman–Crippen MR) is 85.5 cm³/mol. The highest BCUT2D eigenvalue weighted by Gasteiger charge is 2.34. The Kier molecular flexibility index (Phi) is 4.79. The number of rotatable bonds is 4. The summed E-state index contributed by atoms with van der Waals surface area (Å²) in [6, 6.07) is 5.78. The van der Waals surface area contributed by atoms with Crippen LogP contribution in [-0.2, 0) is 10.0 Å². The van der Waals surface area contributed by atoms with E-state index < -0.39 is 22.5 Å². The van der Waals surface area contributed by atoms with Gasteiger partial charge < -0.3 is 9.63 Å². The highest BCUT2D eigenvalue weighted by Crippen LogP contribution is 2.33. The maximum atomic E-state index is 12.9. The molecule has 9 heteroatoms. The Morgan fingerprint density at radius 1 is 1.48 bits per heavy atom. The van der Waals surface area contributed by atoms with Crippen molar-refractivity contribution in [3.05, 3.63) is 40.0 Å². The number of nitrogens with one attached hydrogen (secondary N) is 1. The van der Waals surface area contributed by atoms with Crippen LogP contribution >= 0.6 is 11.6 Å². The van der Waals surface area contributed by atoms with Gasteiger partial charge in [-0.1, -0.05) is 22.8 Å². The number of hydrogen-bond acceptors (Lipinski definition) is 6. The smallest absolute Gasteiger partial charge is 0.272 e. The minimum Gasteiger partial charge on any atom is -0.388 e. The van der Waals surface area contributed by atoms with Crippen molar-refractivity contribution in [1.82, 2.24) is 5.16 Å². The molecule has 7 nitrogen and oxygen atoms in total. The van der Waals surface area contributed by atoms with Gasteiger partial charge >= 0.3 is 0 Å².